The van der Waals surface area contributed by atoms with Gasteiger partial charge in [-0.1, -0.05) is 18.9 Å². The molecule has 0 N–H and O–H groups in total. The molecule has 0 aliphatic carbocycles. The van der Waals surface area contributed by atoms with Crippen LogP contribution in [0, 0.1) is 6.92 Å². The van der Waals surface area contributed by atoms with Gasteiger partial charge in [0.25, 0.3) is 5.91 Å². The molecule has 1 fully saturated rings. The third-order valence-corrected chi connectivity index (χ3v) is 5.69. The topological polar surface area (TPSA) is 59.2 Å². The highest BCUT2D eigenvalue weighted by atomic mass is 32.1. The van der Waals surface area contributed by atoms with Gasteiger partial charge in [0, 0.05) is 18.9 Å². The normalized spacial score (nSPS) is 17.9. The number of pyridine rings is 1. The van der Waals surface area contributed by atoms with Crippen LogP contribution < -0.4 is 0 Å². The van der Waals surface area contributed by atoms with Crippen molar-refractivity contribution in [3.8, 4) is 10.8 Å². The van der Waals surface area contributed by atoms with Gasteiger partial charge in [-0.2, -0.15) is 0 Å². The molecule has 0 radical (unpaired) electrons. The number of amides is 1. The fourth-order valence-corrected chi connectivity index (χ4v) is 4.17. The zero-order valence-corrected chi connectivity index (χ0v) is 15.5. The Hall–Kier alpha value is -2.47. The van der Waals surface area contributed by atoms with Crippen LogP contribution in [0.3, 0.4) is 0 Å². The number of aromatic nitrogens is 2. The summed E-state index contributed by atoms with van der Waals surface area (Å²) < 4.78 is 5.78. The van der Waals surface area contributed by atoms with Crippen molar-refractivity contribution < 1.29 is 9.21 Å². The third-order valence-electron chi connectivity index (χ3n) is 4.84. The zero-order chi connectivity index (χ0) is 17.9. The minimum absolute atomic E-state index is 0.0437. The molecule has 26 heavy (non-hydrogen) atoms. The van der Waals surface area contributed by atoms with E-state index in [0.29, 0.717) is 17.3 Å². The van der Waals surface area contributed by atoms with E-state index in [4.69, 9.17) is 4.42 Å². The van der Waals surface area contributed by atoms with Crippen LogP contribution in [-0.2, 0) is 0 Å². The number of carbonyl (C=O) groups is 1. The van der Waals surface area contributed by atoms with Crippen LogP contribution in [-0.4, -0.2) is 27.3 Å². The predicted molar refractivity (Wildman–Crippen MR) is 101 cm³/mol. The lowest BCUT2D eigenvalue weighted by molar-refractivity contribution is 0.0673. The maximum Gasteiger partial charge on any atom is 0.276 e. The van der Waals surface area contributed by atoms with Gasteiger partial charge < -0.3 is 9.32 Å². The van der Waals surface area contributed by atoms with Gasteiger partial charge in [0.2, 0.25) is 5.89 Å². The maximum absolute atomic E-state index is 13.3. The number of oxazole rings is 1. The molecule has 0 spiro atoms. The summed E-state index contributed by atoms with van der Waals surface area (Å²) in [4.78, 5) is 24.9. The van der Waals surface area contributed by atoms with E-state index < -0.39 is 0 Å². The number of rotatable bonds is 3. The fourth-order valence-electron chi connectivity index (χ4n) is 3.52. The van der Waals surface area contributed by atoms with Gasteiger partial charge in [-0.25, -0.2) is 4.98 Å². The molecule has 4 heterocycles. The van der Waals surface area contributed by atoms with Gasteiger partial charge >= 0.3 is 0 Å². The minimum atomic E-state index is -0.0437. The van der Waals surface area contributed by atoms with Crippen LogP contribution in [0.15, 0.2) is 46.5 Å². The number of hydrogen-bond acceptors (Lipinski definition) is 5. The molecular weight excluding hydrogens is 346 g/mol. The van der Waals surface area contributed by atoms with Crippen LogP contribution in [0.25, 0.3) is 10.8 Å². The molecule has 6 heteroatoms. The molecule has 1 aliphatic heterocycles. The predicted octanol–water partition coefficient (Wildman–Crippen LogP) is 4.86. The third kappa shape index (κ3) is 3.29. The van der Waals surface area contributed by atoms with Crippen molar-refractivity contribution in [2.75, 3.05) is 6.54 Å². The first kappa shape index (κ1) is 17.0. The monoisotopic (exact) mass is 367 g/mol. The Bertz CT molecular complexity index is 874. The quantitative estimate of drug-likeness (QED) is 0.663. The Morgan fingerprint density at radius 2 is 2.08 bits per heavy atom. The molecule has 1 aliphatic rings. The van der Waals surface area contributed by atoms with Crippen molar-refractivity contribution in [3.63, 3.8) is 0 Å². The summed E-state index contributed by atoms with van der Waals surface area (Å²) >= 11 is 1.56. The molecule has 0 aromatic carbocycles. The summed E-state index contributed by atoms with van der Waals surface area (Å²) in [7, 11) is 0. The van der Waals surface area contributed by atoms with E-state index in [-0.39, 0.29) is 11.9 Å². The van der Waals surface area contributed by atoms with E-state index in [9.17, 15) is 4.79 Å². The number of aryl methyl sites for hydroxylation is 1. The summed E-state index contributed by atoms with van der Waals surface area (Å²) in [5, 5.41) is 1.98. The number of nitrogens with zero attached hydrogens (tertiary/aromatic N) is 3. The maximum atomic E-state index is 13.3. The first-order chi connectivity index (χ1) is 12.7. The second-order valence-electron chi connectivity index (χ2n) is 6.55. The summed E-state index contributed by atoms with van der Waals surface area (Å²) in [6, 6.07) is 7.98. The fraction of sp³-hybridized carbons (Fsp3) is 0.350. The molecular formula is C20H21N3O2S. The minimum Gasteiger partial charge on any atom is -0.440 e. The Kier molecular flexibility index (Phi) is 4.84. The van der Waals surface area contributed by atoms with Gasteiger partial charge in [-0.15, -0.1) is 11.3 Å². The highest BCUT2D eigenvalue weighted by Crippen LogP contribution is 2.32. The summed E-state index contributed by atoms with van der Waals surface area (Å²) in [5.74, 6) is 1.06. The standard InChI is InChI=1S/C20H21N3O2S/c1-14-18(22-19(25-14)17-7-5-13-26-17)20(24)23-12-4-2-3-6-16(23)15-8-10-21-11-9-15/h5,7-11,13,16H,2-4,6,12H2,1H3/t16-/m1/s1. The second-order valence-corrected chi connectivity index (χ2v) is 7.49. The van der Waals surface area contributed by atoms with E-state index in [1.54, 1.807) is 23.7 Å². The molecule has 134 valence electrons. The van der Waals surface area contributed by atoms with E-state index in [0.717, 1.165) is 42.7 Å². The average molecular weight is 367 g/mol. The van der Waals surface area contributed by atoms with Gasteiger partial charge in [0.15, 0.2) is 5.69 Å². The molecule has 1 saturated heterocycles. The largest absolute Gasteiger partial charge is 0.440 e. The number of hydrogen-bond donors (Lipinski definition) is 0. The SMILES string of the molecule is Cc1oc(-c2cccs2)nc1C(=O)N1CCCCC[C@@H]1c1ccncc1. The summed E-state index contributed by atoms with van der Waals surface area (Å²) in [6.07, 6.45) is 7.82. The molecule has 0 bridgehead atoms. The lowest BCUT2D eigenvalue weighted by Gasteiger charge is -2.30. The first-order valence-corrected chi connectivity index (χ1v) is 9.84. The van der Waals surface area contributed by atoms with Crippen LogP contribution >= 0.6 is 11.3 Å². The lowest BCUT2D eigenvalue weighted by atomic mass is 10.0. The molecule has 4 rings (SSSR count). The van der Waals surface area contributed by atoms with Crippen molar-refractivity contribution in [2.24, 2.45) is 0 Å². The van der Waals surface area contributed by atoms with E-state index >= 15 is 0 Å². The van der Waals surface area contributed by atoms with Gasteiger partial charge in [0.1, 0.15) is 5.76 Å². The molecule has 0 unspecified atom stereocenters. The van der Waals surface area contributed by atoms with Gasteiger partial charge in [-0.05, 0) is 48.9 Å². The number of likely N-dealkylation sites (tertiary alicyclic amines) is 1. The Balaban J connectivity index is 1.67. The van der Waals surface area contributed by atoms with Crippen molar-refractivity contribution >= 4 is 17.2 Å². The van der Waals surface area contributed by atoms with Crippen LogP contribution in [0.1, 0.15) is 53.5 Å². The van der Waals surface area contributed by atoms with E-state index in [2.05, 4.69) is 9.97 Å². The van der Waals surface area contributed by atoms with E-state index in [1.165, 1.54) is 0 Å². The van der Waals surface area contributed by atoms with Crippen molar-refractivity contribution in [1.29, 1.82) is 0 Å². The van der Waals surface area contributed by atoms with Crippen LogP contribution in [0.4, 0.5) is 0 Å². The van der Waals surface area contributed by atoms with Crippen molar-refractivity contribution in [3.05, 3.63) is 59.1 Å². The lowest BCUT2D eigenvalue weighted by Crippen LogP contribution is -2.35. The van der Waals surface area contributed by atoms with Gasteiger partial charge in [0.05, 0.1) is 10.9 Å². The first-order valence-electron chi connectivity index (χ1n) is 8.96. The zero-order valence-electron chi connectivity index (χ0n) is 14.7. The number of thiophene rings is 1. The molecule has 1 atom stereocenters. The molecule has 5 nitrogen and oxygen atoms in total. The Labute approximate surface area is 156 Å². The average Bonchev–Trinajstić information content (AvgIpc) is 3.26. The van der Waals surface area contributed by atoms with Crippen LogP contribution in [0.2, 0.25) is 0 Å². The second kappa shape index (κ2) is 7.41. The van der Waals surface area contributed by atoms with Crippen molar-refractivity contribution in [1.82, 2.24) is 14.9 Å². The van der Waals surface area contributed by atoms with Crippen molar-refractivity contribution in [2.45, 2.75) is 38.6 Å². The highest BCUT2D eigenvalue weighted by molar-refractivity contribution is 7.13. The molecule has 1 amide bonds. The Morgan fingerprint density at radius 3 is 2.85 bits per heavy atom. The Morgan fingerprint density at radius 1 is 1.23 bits per heavy atom. The molecule has 3 aromatic heterocycles. The number of carbonyl (C=O) groups excluding carboxylic acids is 1. The summed E-state index contributed by atoms with van der Waals surface area (Å²) in [6.45, 7) is 2.56. The smallest absolute Gasteiger partial charge is 0.276 e. The van der Waals surface area contributed by atoms with Gasteiger partial charge in [-0.3, -0.25) is 9.78 Å². The molecule has 0 saturated carbocycles. The van der Waals surface area contributed by atoms with E-state index in [1.807, 2.05) is 41.5 Å². The molecule has 3 aromatic rings. The van der Waals surface area contributed by atoms with Crippen LogP contribution in [0.5, 0.6) is 0 Å². The highest BCUT2D eigenvalue weighted by Gasteiger charge is 2.31. The summed E-state index contributed by atoms with van der Waals surface area (Å²) in [5.41, 5.74) is 1.56.